The van der Waals surface area contributed by atoms with Crippen molar-refractivity contribution < 1.29 is 24.0 Å². The number of carbonyl (C=O) groups is 5. The number of carbonyl (C=O) groups excluding carboxylic acids is 5. The van der Waals surface area contributed by atoms with Gasteiger partial charge in [-0.15, -0.1) is 0 Å². The van der Waals surface area contributed by atoms with Crippen molar-refractivity contribution in [2.45, 2.75) is 68.0 Å². The predicted molar refractivity (Wildman–Crippen MR) is 215 cm³/mol. The van der Waals surface area contributed by atoms with Crippen LogP contribution in [0, 0.1) is 17.8 Å². The Balaban J connectivity index is 0.806. The van der Waals surface area contributed by atoms with Crippen LogP contribution < -0.4 is 16.0 Å². The monoisotopic (exact) mass is 763 g/mol. The van der Waals surface area contributed by atoms with Crippen molar-refractivity contribution in [1.82, 2.24) is 25.8 Å². The van der Waals surface area contributed by atoms with E-state index in [0.29, 0.717) is 42.5 Å². The van der Waals surface area contributed by atoms with Gasteiger partial charge in [-0.1, -0.05) is 91.0 Å². The van der Waals surface area contributed by atoms with Crippen molar-refractivity contribution in [3.63, 3.8) is 0 Å². The highest BCUT2D eigenvalue weighted by Gasteiger charge is 2.46. The number of hydrogen-bond donors (Lipinski definition) is 3. The molecule has 0 bridgehead atoms. The van der Waals surface area contributed by atoms with E-state index in [4.69, 9.17) is 0 Å². The average molecular weight is 764 g/mol. The first-order valence-electron chi connectivity index (χ1n) is 20.5. The first kappa shape index (κ1) is 36.8. The standard InChI is InChI=1S/C47H49N5O5/c53-43(48-40-23-36(40)29-10-4-1-5-11-29)22-35-27-52(28-39(35)45(55)50-42-25-38(42)31-14-8-3-9-15-31)47(57)33-18-16-32(17-19-33)46(56)51-21-20-34(26-51)44(54)49-41-24-37(41)30-12-6-2-7-13-30/h1-19,34-42H,20-28H2,(H,48,53)(H,49,54)(H,50,55)/t34-,35+,36-,37+,38-,39+,40?,41?,42?/m0/s1. The molecule has 9 atom stereocenters. The van der Waals surface area contributed by atoms with Crippen LogP contribution in [0.25, 0.3) is 0 Å². The van der Waals surface area contributed by atoms with E-state index < -0.39 is 5.92 Å². The molecule has 5 fully saturated rings. The first-order chi connectivity index (χ1) is 27.8. The number of nitrogens with one attached hydrogen (secondary N) is 3. The molecule has 3 unspecified atom stereocenters. The number of hydrogen-bond acceptors (Lipinski definition) is 5. The van der Waals surface area contributed by atoms with Gasteiger partial charge in [-0.25, -0.2) is 0 Å². The molecule has 3 aliphatic carbocycles. The van der Waals surface area contributed by atoms with Gasteiger partial charge in [-0.05, 0) is 72.6 Å². The summed E-state index contributed by atoms with van der Waals surface area (Å²) < 4.78 is 0. The van der Waals surface area contributed by atoms with Gasteiger partial charge in [0.1, 0.15) is 0 Å². The highest BCUT2D eigenvalue weighted by atomic mass is 16.2. The highest BCUT2D eigenvalue weighted by molar-refractivity contribution is 5.99. The quantitative estimate of drug-likeness (QED) is 0.182. The number of nitrogens with zero attached hydrogens (tertiary/aromatic N) is 2. The van der Waals surface area contributed by atoms with Gasteiger partial charge >= 0.3 is 0 Å². The minimum Gasteiger partial charge on any atom is -0.353 e. The summed E-state index contributed by atoms with van der Waals surface area (Å²) in [5, 5.41) is 9.60. The zero-order valence-corrected chi connectivity index (χ0v) is 32.0. The first-order valence-corrected chi connectivity index (χ1v) is 20.5. The second kappa shape index (κ2) is 15.6. The molecule has 10 heteroatoms. The van der Waals surface area contributed by atoms with Crippen LogP contribution in [0.15, 0.2) is 115 Å². The number of rotatable bonds is 12. The lowest BCUT2D eigenvalue weighted by atomic mass is 9.91. The molecule has 2 heterocycles. The van der Waals surface area contributed by atoms with Crippen molar-refractivity contribution in [3.05, 3.63) is 143 Å². The average Bonchev–Trinajstić information content (AvgIpc) is 4.21. The number of likely N-dealkylation sites (tertiary alicyclic amines) is 2. The second-order valence-corrected chi connectivity index (χ2v) is 16.8. The smallest absolute Gasteiger partial charge is 0.253 e. The molecule has 5 aliphatic rings. The van der Waals surface area contributed by atoms with Gasteiger partial charge in [0.2, 0.25) is 17.7 Å². The Morgan fingerprint density at radius 3 is 1.47 bits per heavy atom. The van der Waals surface area contributed by atoms with Crippen LogP contribution in [-0.2, 0) is 14.4 Å². The summed E-state index contributed by atoms with van der Waals surface area (Å²) >= 11 is 0. The van der Waals surface area contributed by atoms with E-state index >= 15 is 0 Å². The molecule has 2 aliphatic heterocycles. The molecule has 9 rings (SSSR count). The van der Waals surface area contributed by atoms with Crippen molar-refractivity contribution in [2.24, 2.45) is 17.8 Å². The molecule has 292 valence electrons. The number of amides is 5. The Labute approximate surface area is 333 Å². The maximum absolute atomic E-state index is 13.9. The van der Waals surface area contributed by atoms with Crippen molar-refractivity contribution in [2.75, 3.05) is 26.2 Å². The third-order valence-electron chi connectivity index (χ3n) is 12.8. The van der Waals surface area contributed by atoms with Crippen LogP contribution >= 0.6 is 0 Å². The summed E-state index contributed by atoms with van der Waals surface area (Å²) in [6.07, 6.45) is 3.46. The van der Waals surface area contributed by atoms with E-state index in [9.17, 15) is 24.0 Å². The van der Waals surface area contributed by atoms with Crippen LogP contribution in [0.3, 0.4) is 0 Å². The molecule has 0 aromatic heterocycles. The van der Waals surface area contributed by atoms with Crippen molar-refractivity contribution in [3.8, 4) is 0 Å². The molecule has 2 saturated heterocycles. The Bertz CT molecular complexity index is 2130. The topological polar surface area (TPSA) is 128 Å². The molecule has 5 amide bonds. The van der Waals surface area contributed by atoms with Crippen LogP contribution in [0.1, 0.15) is 87.3 Å². The molecular weight excluding hydrogens is 715 g/mol. The predicted octanol–water partition coefficient (Wildman–Crippen LogP) is 5.24. The molecule has 3 N–H and O–H groups in total. The zero-order valence-electron chi connectivity index (χ0n) is 32.0. The fraction of sp³-hybridized carbons (Fsp3) is 0.383. The minimum absolute atomic E-state index is 0.000113. The second-order valence-electron chi connectivity index (χ2n) is 16.8. The van der Waals surface area contributed by atoms with Gasteiger partial charge in [0.15, 0.2) is 0 Å². The normalized spacial score (nSPS) is 28.3. The fourth-order valence-corrected chi connectivity index (χ4v) is 9.18. The maximum Gasteiger partial charge on any atom is 0.253 e. The number of benzene rings is 4. The molecule has 3 saturated carbocycles. The van der Waals surface area contributed by atoms with Crippen LogP contribution in [-0.4, -0.2) is 83.6 Å². The Hall–Kier alpha value is -5.77. The third-order valence-corrected chi connectivity index (χ3v) is 12.8. The van der Waals surface area contributed by atoms with Gasteiger partial charge in [0, 0.05) is 79.6 Å². The summed E-state index contributed by atoms with van der Waals surface area (Å²) in [5.41, 5.74) is 4.52. The van der Waals surface area contributed by atoms with E-state index in [-0.39, 0.29) is 84.9 Å². The van der Waals surface area contributed by atoms with E-state index in [1.54, 1.807) is 34.1 Å². The Kier molecular flexibility index (Phi) is 10.1. The van der Waals surface area contributed by atoms with Crippen molar-refractivity contribution in [1.29, 1.82) is 0 Å². The van der Waals surface area contributed by atoms with Gasteiger partial charge < -0.3 is 25.8 Å². The summed E-state index contributed by atoms with van der Waals surface area (Å²) in [6.45, 7) is 1.36. The molecule has 57 heavy (non-hydrogen) atoms. The fourth-order valence-electron chi connectivity index (χ4n) is 9.18. The van der Waals surface area contributed by atoms with Gasteiger partial charge in [-0.3, -0.25) is 24.0 Å². The van der Waals surface area contributed by atoms with E-state index in [1.165, 1.54) is 16.7 Å². The van der Waals surface area contributed by atoms with E-state index in [2.05, 4.69) is 52.3 Å². The largest absolute Gasteiger partial charge is 0.353 e. The molecule has 4 aromatic carbocycles. The highest BCUT2D eigenvalue weighted by Crippen LogP contribution is 2.43. The molecular formula is C47H49N5O5. The molecule has 0 spiro atoms. The molecule has 0 radical (unpaired) electrons. The zero-order chi connectivity index (χ0) is 39.0. The lowest BCUT2D eigenvalue weighted by molar-refractivity contribution is -0.127. The maximum atomic E-state index is 13.9. The van der Waals surface area contributed by atoms with E-state index in [1.807, 2.05) is 54.6 Å². The Morgan fingerprint density at radius 1 is 0.509 bits per heavy atom. The summed E-state index contributed by atoms with van der Waals surface area (Å²) in [7, 11) is 0. The van der Waals surface area contributed by atoms with Gasteiger partial charge in [0.05, 0.1) is 11.8 Å². The lowest BCUT2D eigenvalue weighted by Gasteiger charge is -2.18. The Morgan fingerprint density at radius 2 is 0.965 bits per heavy atom. The molecule has 10 nitrogen and oxygen atoms in total. The minimum atomic E-state index is -0.522. The van der Waals surface area contributed by atoms with Crippen LogP contribution in [0.5, 0.6) is 0 Å². The summed E-state index contributed by atoms with van der Waals surface area (Å²) in [6, 6.07) is 37.4. The SMILES string of the molecule is O=C(C[C@@H]1CN(C(=O)c2ccc(C(=O)N3CC[C@H](C(=O)NC4C[C@@H]4c4ccccc4)C3)cc2)C[C@H]1C(=O)NC1C[C@H]1c1ccccc1)NC1C[C@H]1c1ccccc1. The van der Waals surface area contributed by atoms with Gasteiger partial charge in [0.25, 0.3) is 11.8 Å². The lowest BCUT2D eigenvalue weighted by Crippen LogP contribution is -2.39. The summed E-state index contributed by atoms with van der Waals surface area (Å²) in [4.78, 5) is 71.1. The molecule has 4 aromatic rings. The van der Waals surface area contributed by atoms with Crippen molar-refractivity contribution >= 4 is 29.5 Å². The van der Waals surface area contributed by atoms with Crippen LogP contribution in [0.4, 0.5) is 0 Å². The third kappa shape index (κ3) is 8.22. The van der Waals surface area contributed by atoms with Crippen LogP contribution in [0.2, 0.25) is 0 Å². The summed E-state index contributed by atoms with van der Waals surface area (Å²) in [5.74, 6) is -0.815. The van der Waals surface area contributed by atoms with E-state index in [0.717, 1.165) is 19.3 Å². The van der Waals surface area contributed by atoms with Gasteiger partial charge in [-0.2, -0.15) is 0 Å².